The number of nitrogens with two attached hydrogens (primary N) is 1. The first-order valence-electron chi connectivity index (χ1n) is 4.81. The highest BCUT2D eigenvalue weighted by Gasteiger charge is 2.05. The predicted octanol–water partition coefficient (Wildman–Crippen LogP) is -0.473. The largest absolute Gasteiger partial charge is 0.375 e. The number of nitrogens with one attached hydrogen (secondary N) is 1. The second kappa shape index (κ2) is 8.90. The molecule has 0 saturated carbocycles. The Hall–Kier alpha value is -0.680. The number of aliphatic hydroxyl groups excluding tert-OH is 1. The van der Waals surface area contributed by atoms with E-state index >= 15 is 0 Å². The normalized spacial score (nSPS) is 19.0. The van der Waals surface area contributed by atoms with Crippen molar-refractivity contribution in [2.45, 2.75) is 6.23 Å². The Morgan fingerprint density at radius 3 is 2.29 bits per heavy atom. The van der Waals surface area contributed by atoms with E-state index < -0.39 is 6.23 Å². The van der Waals surface area contributed by atoms with Crippen molar-refractivity contribution in [2.24, 2.45) is 5.73 Å². The van der Waals surface area contributed by atoms with Gasteiger partial charge in [-0.05, 0) is 6.08 Å². The summed E-state index contributed by atoms with van der Waals surface area (Å²) in [5.41, 5.74) is 4.73. The molecule has 4 nitrogen and oxygen atoms in total. The molecule has 0 aromatic rings. The SMILES string of the molecule is C=CC(N)O.C=CCN1CCNCC1. The number of piperazine rings is 1. The Kier molecular flexibility index (Phi) is 8.47. The standard InChI is InChI=1S/C7H14N2.C3H7NO/c1-2-5-9-6-3-8-4-7-9;1-2-3(4)5/h2,8H,1,3-7H2;2-3,5H,1,4H2. The van der Waals surface area contributed by atoms with E-state index in [4.69, 9.17) is 10.8 Å². The lowest BCUT2D eigenvalue weighted by molar-refractivity contribution is 0.232. The topological polar surface area (TPSA) is 61.5 Å². The maximum Gasteiger partial charge on any atom is 0.121 e. The van der Waals surface area contributed by atoms with Gasteiger partial charge in [-0.2, -0.15) is 0 Å². The maximum absolute atomic E-state index is 8.02. The highest BCUT2D eigenvalue weighted by molar-refractivity contribution is 4.76. The highest BCUT2D eigenvalue weighted by atomic mass is 16.3. The van der Waals surface area contributed by atoms with E-state index in [1.807, 2.05) is 6.08 Å². The first kappa shape index (κ1) is 13.3. The van der Waals surface area contributed by atoms with Crippen LogP contribution in [0.5, 0.6) is 0 Å². The summed E-state index contributed by atoms with van der Waals surface area (Å²) in [6.45, 7) is 12.5. The van der Waals surface area contributed by atoms with Gasteiger partial charge < -0.3 is 16.2 Å². The molecule has 1 fully saturated rings. The lowest BCUT2D eigenvalue weighted by Crippen LogP contribution is -2.43. The van der Waals surface area contributed by atoms with Crippen molar-refractivity contribution < 1.29 is 5.11 Å². The van der Waals surface area contributed by atoms with Gasteiger partial charge in [0.25, 0.3) is 0 Å². The molecule has 0 spiro atoms. The number of rotatable bonds is 3. The van der Waals surface area contributed by atoms with Crippen LogP contribution >= 0.6 is 0 Å². The van der Waals surface area contributed by atoms with E-state index in [0.717, 1.165) is 19.6 Å². The molecule has 0 aliphatic carbocycles. The van der Waals surface area contributed by atoms with Gasteiger partial charge in [-0.15, -0.1) is 6.58 Å². The zero-order chi connectivity index (χ0) is 10.8. The Bertz CT molecular complexity index is 153. The maximum atomic E-state index is 8.02. The Balaban J connectivity index is 0.000000292. The molecular weight excluding hydrogens is 178 g/mol. The minimum atomic E-state index is -0.852. The molecule has 1 heterocycles. The summed E-state index contributed by atoms with van der Waals surface area (Å²) >= 11 is 0. The van der Waals surface area contributed by atoms with Crippen LogP contribution in [-0.2, 0) is 0 Å². The van der Waals surface area contributed by atoms with Crippen molar-refractivity contribution in [1.82, 2.24) is 10.2 Å². The van der Waals surface area contributed by atoms with Crippen LogP contribution in [0.15, 0.2) is 25.3 Å². The van der Waals surface area contributed by atoms with E-state index in [1.165, 1.54) is 19.2 Å². The average molecular weight is 199 g/mol. The van der Waals surface area contributed by atoms with Gasteiger partial charge in [0, 0.05) is 32.7 Å². The smallest absolute Gasteiger partial charge is 0.121 e. The van der Waals surface area contributed by atoms with Crippen molar-refractivity contribution in [3.63, 3.8) is 0 Å². The molecule has 0 aromatic heterocycles. The van der Waals surface area contributed by atoms with Crippen LogP contribution in [0.25, 0.3) is 0 Å². The van der Waals surface area contributed by atoms with E-state index in [1.54, 1.807) is 0 Å². The number of hydrogen-bond donors (Lipinski definition) is 3. The summed E-state index contributed by atoms with van der Waals surface area (Å²) < 4.78 is 0. The van der Waals surface area contributed by atoms with Crippen molar-refractivity contribution in [1.29, 1.82) is 0 Å². The molecule has 0 radical (unpaired) electrons. The van der Waals surface area contributed by atoms with Crippen molar-refractivity contribution >= 4 is 0 Å². The molecule has 0 bridgehead atoms. The van der Waals surface area contributed by atoms with Gasteiger partial charge in [-0.1, -0.05) is 12.7 Å². The molecule has 14 heavy (non-hydrogen) atoms. The summed E-state index contributed by atoms with van der Waals surface area (Å²) in [5.74, 6) is 0. The van der Waals surface area contributed by atoms with Crippen LogP contribution < -0.4 is 11.1 Å². The molecule has 1 aliphatic rings. The van der Waals surface area contributed by atoms with E-state index in [0.29, 0.717) is 0 Å². The van der Waals surface area contributed by atoms with E-state index in [-0.39, 0.29) is 0 Å². The minimum absolute atomic E-state index is 0.852. The fourth-order valence-electron chi connectivity index (χ4n) is 1.08. The Labute approximate surface area is 86.1 Å². The first-order chi connectivity index (χ1) is 6.70. The highest BCUT2D eigenvalue weighted by Crippen LogP contribution is 1.89. The molecule has 1 unspecified atom stereocenters. The van der Waals surface area contributed by atoms with Crippen molar-refractivity contribution in [2.75, 3.05) is 32.7 Å². The first-order valence-corrected chi connectivity index (χ1v) is 4.81. The third kappa shape index (κ3) is 7.94. The fourth-order valence-corrected chi connectivity index (χ4v) is 1.08. The predicted molar refractivity (Wildman–Crippen MR) is 59.9 cm³/mol. The molecule has 4 heteroatoms. The second-order valence-corrected chi connectivity index (χ2v) is 3.07. The summed E-state index contributed by atoms with van der Waals surface area (Å²) in [6, 6.07) is 0. The molecule has 4 N–H and O–H groups in total. The van der Waals surface area contributed by atoms with Gasteiger partial charge in [-0.25, -0.2) is 0 Å². The van der Waals surface area contributed by atoms with Crippen LogP contribution in [0.3, 0.4) is 0 Å². The van der Waals surface area contributed by atoms with E-state index in [2.05, 4.69) is 23.4 Å². The number of hydrogen-bond acceptors (Lipinski definition) is 4. The van der Waals surface area contributed by atoms with Gasteiger partial charge in [0.2, 0.25) is 0 Å². The Morgan fingerprint density at radius 2 is 1.93 bits per heavy atom. The van der Waals surface area contributed by atoms with Crippen molar-refractivity contribution in [3.05, 3.63) is 25.3 Å². The molecule has 1 rings (SSSR count). The number of nitrogens with zero attached hydrogens (tertiary/aromatic N) is 1. The second-order valence-electron chi connectivity index (χ2n) is 3.07. The zero-order valence-electron chi connectivity index (χ0n) is 8.65. The van der Waals surface area contributed by atoms with Gasteiger partial charge in [-0.3, -0.25) is 4.90 Å². The molecule has 1 atom stereocenters. The summed E-state index contributed by atoms with van der Waals surface area (Å²) in [7, 11) is 0. The van der Waals surface area contributed by atoms with Crippen LogP contribution in [0.1, 0.15) is 0 Å². The molecule has 0 aromatic carbocycles. The Morgan fingerprint density at radius 1 is 1.43 bits per heavy atom. The fraction of sp³-hybridized carbons (Fsp3) is 0.600. The van der Waals surface area contributed by atoms with Crippen molar-refractivity contribution in [3.8, 4) is 0 Å². The summed E-state index contributed by atoms with van der Waals surface area (Å²) in [6.07, 6.45) is 2.36. The quantitative estimate of drug-likeness (QED) is 0.425. The summed E-state index contributed by atoms with van der Waals surface area (Å²) in [5, 5.41) is 11.3. The van der Waals surface area contributed by atoms with Gasteiger partial charge >= 0.3 is 0 Å². The van der Waals surface area contributed by atoms with Gasteiger partial charge in [0.15, 0.2) is 0 Å². The molecule has 1 aliphatic heterocycles. The molecule has 0 amide bonds. The number of aliphatic hydroxyl groups is 1. The average Bonchev–Trinajstić information content (AvgIpc) is 2.21. The summed E-state index contributed by atoms with van der Waals surface area (Å²) in [4.78, 5) is 2.39. The van der Waals surface area contributed by atoms with Crippen LogP contribution in [0.4, 0.5) is 0 Å². The third-order valence-corrected chi connectivity index (χ3v) is 1.84. The van der Waals surface area contributed by atoms with Crippen LogP contribution in [0.2, 0.25) is 0 Å². The zero-order valence-corrected chi connectivity index (χ0v) is 8.65. The van der Waals surface area contributed by atoms with Crippen LogP contribution in [-0.4, -0.2) is 49.0 Å². The molecule has 82 valence electrons. The van der Waals surface area contributed by atoms with Gasteiger partial charge in [0.1, 0.15) is 6.23 Å². The van der Waals surface area contributed by atoms with Gasteiger partial charge in [0.05, 0.1) is 0 Å². The lowest BCUT2D eigenvalue weighted by atomic mass is 10.3. The third-order valence-electron chi connectivity index (χ3n) is 1.84. The van der Waals surface area contributed by atoms with E-state index in [9.17, 15) is 0 Å². The van der Waals surface area contributed by atoms with Crippen LogP contribution in [0, 0.1) is 0 Å². The monoisotopic (exact) mass is 199 g/mol. The molecular formula is C10H21N3O. The lowest BCUT2D eigenvalue weighted by Gasteiger charge is -2.25. The minimum Gasteiger partial charge on any atom is -0.375 e. The molecule has 1 saturated heterocycles.